The molecule has 0 aliphatic rings. The lowest BCUT2D eigenvalue weighted by Gasteiger charge is -1.77. The van der Waals surface area contributed by atoms with Crippen LogP contribution in [-0.2, 0) is 7.05 Å². The number of aliphatic hydroxyl groups excluding tert-OH is 2. The Hall–Kier alpha value is -0.360. The van der Waals surface area contributed by atoms with E-state index in [2.05, 4.69) is 0 Å². The second-order valence-corrected chi connectivity index (χ2v) is 3.62. The van der Waals surface area contributed by atoms with E-state index < -0.39 is 0 Å². The van der Waals surface area contributed by atoms with Crippen LogP contribution in [0.1, 0.15) is 0 Å². The number of rotatable bonds is 1. The van der Waals surface area contributed by atoms with E-state index in [0.29, 0.717) is 4.34 Å². The fourth-order valence-corrected chi connectivity index (χ4v) is 1.35. The minimum absolute atomic E-state index is 0.0417. The smallest absolute Gasteiger partial charge is 0.261 e. The Morgan fingerprint density at radius 2 is 2.08 bits per heavy atom. The van der Waals surface area contributed by atoms with Gasteiger partial charge in [0.1, 0.15) is 4.34 Å². The monoisotopic (exact) mass is 211 g/mol. The molecule has 12 heavy (non-hydrogen) atoms. The van der Waals surface area contributed by atoms with Crippen molar-refractivity contribution in [3.05, 3.63) is 20.8 Å². The molecule has 0 atom stereocenters. The van der Waals surface area contributed by atoms with Crippen LogP contribution in [0, 0.1) is 0 Å². The normalized spacial score (nSPS) is 9.00. The molecule has 6 heteroatoms. The van der Waals surface area contributed by atoms with Crippen molar-refractivity contribution in [2.24, 2.45) is 7.05 Å². The van der Waals surface area contributed by atoms with Gasteiger partial charge in [-0.25, -0.2) is 0 Å². The highest BCUT2D eigenvalue weighted by Gasteiger charge is 1.93. The van der Waals surface area contributed by atoms with E-state index in [1.807, 2.05) is 0 Å². The molecule has 0 saturated carbocycles. The summed E-state index contributed by atoms with van der Waals surface area (Å²) in [7, 11) is 1.68. The third-order valence-electron chi connectivity index (χ3n) is 0.871. The van der Waals surface area contributed by atoms with Gasteiger partial charge in [-0.2, -0.15) is 0 Å². The van der Waals surface area contributed by atoms with Crippen molar-refractivity contribution in [3.63, 3.8) is 0 Å². The molecule has 4 nitrogen and oxygen atoms in total. The summed E-state index contributed by atoms with van der Waals surface area (Å²) in [5, 5.41) is 15.2. The predicted molar refractivity (Wildman–Crippen MR) is 48.7 cm³/mol. The molecule has 0 aromatic carbocycles. The van der Waals surface area contributed by atoms with E-state index in [1.54, 1.807) is 7.05 Å². The van der Waals surface area contributed by atoms with Crippen LogP contribution in [0.15, 0.2) is 10.9 Å². The Balaban J connectivity index is 0.000000261. The second kappa shape index (κ2) is 6.19. The topological polar surface area (TPSA) is 62.5 Å². The number of aliphatic hydroxyl groups is 2. The molecule has 70 valence electrons. The van der Waals surface area contributed by atoms with Gasteiger partial charge in [0, 0.05) is 13.1 Å². The summed E-state index contributed by atoms with van der Waals surface area (Å²) in [5.74, 6) is 0. The summed E-state index contributed by atoms with van der Waals surface area (Å²) in [4.78, 5) is 10.5. The first-order valence-corrected chi connectivity index (χ1v) is 4.31. The first-order valence-electron chi connectivity index (χ1n) is 3.16. The molecule has 0 aliphatic heterocycles. The molecule has 1 heterocycles. The van der Waals surface area contributed by atoms with Crippen LogP contribution in [0.3, 0.4) is 0 Å². The first kappa shape index (κ1) is 11.6. The molecule has 0 saturated heterocycles. The van der Waals surface area contributed by atoms with E-state index >= 15 is 0 Å². The van der Waals surface area contributed by atoms with Gasteiger partial charge >= 0.3 is 0 Å². The van der Waals surface area contributed by atoms with Gasteiger partial charge in [-0.3, -0.25) is 8.75 Å². The number of nitrogens with zero attached hydrogens (tertiary/aromatic N) is 1. The summed E-state index contributed by atoms with van der Waals surface area (Å²) in [6, 6.07) is 1.40. The minimum atomic E-state index is -0.125. The maximum absolute atomic E-state index is 10.5. The average molecular weight is 212 g/mol. The molecule has 0 unspecified atom stereocenters. The Bertz CT molecular complexity index is 268. The number of aryl methyl sites for hydroxylation is 1. The van der Waals surface area contributed by atoms with Crippen LogP contribution in [-0.4, -0.2) is 27.4 Å². The Morgan fingerprint density at radius 1 is 1.58 bits per heavy atom. The van der Waals surface area contributed by atoms with E-state index in [9.17, 15) is 4.79 Å². The van der Waals surface area contributed by atoms with Gasteiger partial charge in [0.25, 0.3) is 5.56 Å². The van der Waals surface area contributed by atoms with E-state index in [-0.39, 0.29) is 18.8 Å². The maximum Gasteiger partial charge on any atom is 0.261 e. The summed E-state index contributed by atoms with van der Waals surface area (Å²) < 4.78 is 2.01. The molecule has 0 aliphatic carbocycles. The maximum atomic E-state index is 10.5. The van der Waals surface area contributed by atoms with Crippen molar-refractivity contribution in [2.75, 3.05) is 13.2 Å². The van der Waals surface area contributed by atoms with Crippen LogP contribution in [0.2, 0.25) is 4.34 Å². The van der Waals surface area contributed by atoms with Crippen molar-refractivity contribution < 1.29 is 10.2 Å². The van der Waals surface area contributed by atoms with Gasteiger partial charge in [-0.15, -0.1) is 0 Å². The fraction of sp³-hybridized carbons (Fsp3) is 0.500. The third-order valence-corrected chi connectivity index (χ3v) is 1.93. The van der Waals surface area contributed by atoms with Crippen molar-refractivity contribution in [2.45, 2.75) is 0 Å². The van der Waals surface area contributed by atoms with Gasteiger partial charge in [-0.05, 0) is 11.5 Å². The SMILES string of the molecule is Cn1sc(Cl)cc1=O.OCCO. The number of hydrogen-bond donors (Lipinski definition) is 2. The third kappa shape index (κ3) is 4.50. The predicted octanol–water partition coefficient (Wildman–Crippen LogP) is 0.0712. The van der Waals surface area contributed by atoms with Crippen molar-refractivity contribution in [3.8, 4) is 0 Å². The molecule has 1 aromatic heterocycles. The van der Waals surface area contributed by atoms with Crippen LogP contribution in [0.25, 0.3) is 0 Å². The van der Waals surface area contributed by atoms with Gasteiger partial charge in [0.2, 0.25) is 0 Å². The fourth-order valence-electron chi connectivity index (χ4n) is 0.390. The Kier molecular flexibility index (Phi) is 6.00. The Morgan fingerprint density at radius 3 is 2.17 bits per heavy atom. The highest BCUT2D eigenvalue weighted by Crippen LogP contribution is 2.09. The summed E-state index contributed by atoms with van der Waals surface area (Å²) in [6.45, 7) is -0.250. The van der Waals surface area contributed by atoms with E-state index in [0.717, 1.165) is 0 Å². The molecule has 1 aromatic rings. The largest absolute Gasteiger partial charge is 0.394 e. The molecule has 1 rings (SSSR count). The molecule has 0 radical (unpaired) electrons. The first-order chi connectivity index (χ1) is 5.61. The lowest BCUT2D eigenvalue weighted by atomic mass is 10.7. The molecular formula is C6H10ClNO3S. The van der Waals surface area contributed by atoms with Crippen molar-refractivity contribution in [1.29, 1.82) is 0 Å². The van der Waals surface area contributed by atoms with Crippen molar-refractivity contribution in [1.82, 2.24) is 3.96 Å². The van der Waals surface area contributed by atoms with Crippen LogP contribution < -0.4 is 5.56 Å². The van der Waals surface area contributed by atoms with Gasteiger partial charge in [0.05, 0.1) is 13.2 Å². The molecular weight excluding hydrogens is 202 g/mol. The van der Waals surface area contributed by atoms with Gasteiger partial charge < -0.3 is 10.2 Å². The zero-order chi connectivity index (χ0) is 9.56. The summed E-state index contributed by atoms with van der Waals surface area (Å²) in [5.41, 5.74) is -0.0417. The van der Waals surface area contributed by atoms with E-state index in [1.165, 1.54) is 21.6 Å². The highest BCUT2D eigenvalue weighted by molar-refractivity contribution is 7.11. The highest BCUT2D eigenvalue weighted by atomic mass is 35.5. The Labute approximate surface area is 78.8 Å². The molecule has 2 N–H and O–H groups in total. The minimum Gasteiger partial charge on any atom is -0.394 e. The lowest BCUT2D eigenvalue weighted by molar-refractivity contribution is 0.186. The summed E-state index contributed by atoms with van der Waals surface area (Å²) in [6.07, 6.45) is 0. The molecule has 0 amide bonds. The quantitative estimate of drug-likeness (QED) is 0.691. The zero-order valence-electron chi connectivity index (χ0n) is 6.53. The number of halogens is 1. The van der Waals surface area contributed by atoms with Crippen LogP contribution in [0.4, 0.5) is 0 Å². The molecule has 0 spiro atoms. The molecule has 0 fully saturated rings. The molecule has 0 bridgehead atoms. The number of hydrogen-bond acceptors (Lipinski definition) is 4. The van der Waals surface area contributed by atoms with E-state index in [4.69, 9.17) is 21.8 Å². The van der Waals surface area contributed by atoms with Crippen molar-refractivity contribution >= 4 is 23.1 Å². The van der Waals surface area contributed by atoms with Crippen LogP contribution >= 0.6 is 23.1 Å². The number of aromatic nitrogens is 1. The standard InChI is InChI=1S/C4H4ClNOS.C2H6O2/c1-6-4(7)2-3(5)8-6;3-1-2-4/h2H,1H3;3-4H,1-2H2. The zero-order valence-corrected chi connectivity index (χ0v) is 8.10. The lowest BCUT2D eigenvalue weighted by Crippen LogP contribution is -2.05. The second-order valence-electron chi connectivity index (χ2n) is 1.82. The summed E-state index contributed by atoms with van der Waals surface area (Å²) >= 11 is 6.70. The van der Waals surface area contributed by atoms with Gasteiger partial charge in [-0.1, -0.05) is 11.6 Å². The van der Waals surface area contributed by atoms with Crippen LogP contribution in [0.5, 0.6) is 0 Å². The average Bonchev–Trinajstić information content (AvgIpc) is 2.30. The van der Waals surface area contributed by atoms with Gasteiger partial charge in [0.15, 0.2) is 0 Å².